The second-order valence-corrected chi connectivity index (χ2v) is 5.58. The van der Waals surface area contributed by atoms with E-state index >= 15 is 0 Å². The molecule has 23 heavy (non-hydrogen) atoms. The molecule has 0 atom stereocenters. The van der Waals surface area contributed by atoms with Crippen LogP contribution in [0.5, 0.6) is 11.5 Å². The van der Waals surface area contributed by atoms with Crippen molar-refractivity contribution in [3.05, 3.63) is 48.0 Å². The Bertz CT molecular complexity index is 664. The summed E-state index contributed by atoms with van der Waals surface area (Å²) in [6, 6.07) is 13.6. The number of aromatic hydroxyl groups is 1. The zero-order valence-corrected chi connectivity index (χ0v) is 14.2. The van der Waals surface area contributed by atoms with E-state index in [0.717, 1.165) is 12.2 Å². The number of methoxy groups -OCH3 is 1. The van der Waals surface area contributed by atoms with Gasteiger partial charge in [0.05, 0.1) is 12.8 Å². The third kappa shape index (κ3) is 4.25. The van der Waals surface area contributed by atoms with E-state index in [1.54, 1.807) is 31.5 Å². The van der Waals surface area contributed by atoms with E-state index in [-0.39, 0.29) is 5.75 Å². The molecule has 0 saturated heterocycles. The lowest BCUT2D eigenvalue weighted by Crippen LogP contribution is -2.30. The molecule has 2 aromatic rings. The van der Waals surface area contributed by atoms with Crippen molar-refractivity contribution in [1.29, 1.82) is 0 Å². The molecule has 0 aliphatic carbocycles. The molecule has 0 fully saturated rings. The lowest BCUT2D eigenvalue weighted by molar-refractivity contribution is 0.412. The molecular formula is C19H24N2O2. The summed E-state index contributed by atoms with van der Waals surface area (Å²) in [5, 5.41) is 9.86. The number of phenolic OH excluding ortho intramolecular Hbond substituents is 1. The molecule has 0 unspecified atom stereocenters. The Morgan fingerprint density at radius 1 is 1.17 bits per heavy atom. The van der Waals surface area contributed by atoms with E-state index in [9.17, 15) is 5.11 Å². The Labute approximate surface area is 138 Å². The van der Waals surface area contributed by atoms with Crippen LogP contribution in [0, 0.1) is 0 Å². The van der Waals surface area contributed by atoms with Gasteiger partial charge in [-0.25, -0.2) is 0 Å². The Morgan fingerprint density at radius 2 is 1.87 bits per heavy atom. The van der Waals surface area contributed by atoms with E-state index in [4.69, 9.17) is 4.74 Å². The van der Waals surface area contributed by atoms with Crippen LogP contribution in [0.3, 0.4) is 0 Å². The Balaban J connectivity index is 2.18. The highest BCUT2D eigenvalue weighted by Crippen LogP contribution is 2.24. The first-order valence-electron chi connectivity index (χ1n) is 7.83. The molecule has 0 aliphatic heterocycles. The van der Waals surface area contributed by atoms with Gasteiger partial charge in [-0.3, -0.25) is 4.99 Å². The molecule has 0 spiro atoms. The number of hydrogen-bond acceptors (Lipinski definition) is 4. The van der Waals surface area contributed by atoms with E-state index in [2.05, 4.69) is 42.8 Å². The molecule has 122 valence electrons. The van der Waals surface area contributed by atoms with E-state index in [1.807, 2.05) is 12.1 Å². The van der Waals surface area contributed by atoms with Crippen molar-refractivity contribution in [2.45, 2.75) is 26.8 Å². The number of benzene rings is 2. The van der Waals surface area contributed by atoms with Crippen LogP contribution in [0.1, 0.15) is 26.3 Å². The fourth-order valence-electron chi connectivity index (χ4n) is 2.48. The van der Waals surface area contributed by atoms with E-state index < -0.39 is 0 Å². The topological polar surface area (TPSA) is 45.1 Å². The van der Waals surface area contributed by atoms with Gasteiger partial charge in [0.2, 0.25) is 0 Å². The third-order valence-electron chi connectivity index (χ3n) is 3.73. The SMILES string of the molecule is CCN(c1ccc(N=Cc2cc(OC)ccc2O)cc1)C(C)C. The monoisotopic (exact) mass is 312 g/mol. The van der Waals surface area contributed by atoms with Crippen molar-refractivity contribution in [1.82, 2.24) is 0 Å². The minimum atomic E-state index is 0.183. The van der Waals surface area contributed by atoms with Gasteiger partial charge >= 0.3 is 0 Å². The Morgan fingerprint density at radius 3 is 2.43 bits per heavy atom. The number of phenols is 1. The highest BCUT2D eigenvalue weighted by molar-refractivity contribution is 5.86. The fourth-order valence-corrected chi connectivity index (χ4v) is 2.48. The number of rotatable bonds is 6. The van der Waals surface area contributed by atoms with Crippen LogP contribution in [0.25, 0.3) is 0 Å². The fraction of sp³-hybridized carbons (Fsp3) is 0.316. The molecule has 4 nitrogen and oxygen atoms in total. The molecule has 0 saturated carbocycles. The van der Waals surface area contributed by atoms with E-state index in [1.165, 1.54) is 5.69 Å². The predicted octanol–water partition coefficient (Wildman–Crippen LogP) is 4.39. The van der Waals surface area contributed by atoms with Crippen molar-refractivity contribution in [3.8, 4) is 11.5 Å². The average Bonchev–Trinajstić information content (AvgIpc) is 2.55. The quantitative estimate of drug-likeness (QED) is 0.805. The predicted molar refractivity (Wildman–Crippen MR) is 96.5 cm³/mol. The third-order valence-corrected chi connectivity index (χ3v) is 3.73. The molecular weight excluding hydrogens is 288 g/mol. The lowest BCUT2D eigenvalue weighted by atomic mass is 10.2. The van der Waals surface area contributed by atoms with Gasteiger partial charge in [0.15, 0.2) is 0 Å². The van der Waals surface area contributed by atoms with Crippen molar-refractivity contribution in [2.75, 3.05) is 18.6 Å². The Hall–Kier alpha value is -2.49. The Kier molecular flexibility index (Phi) is 5.63. The van der Waals surface area contributed by atoms with Gasteiger partial charge in [-0.2, -0.15) is 0 Å². The summed E-state index contributed by atoms with van der Waals surface area (Å²) >= 11 is 0. The maximum absolute atomic E-state index is 9.86. The molecule has 0 bridgehead atoms. The van der Waals surface area contributed by atoms with E-state index in [0.29, 0.717) is 17.4 Å². The minimum Gasteiger partial charge on any atom is -0.507 e. The average molecular weight is 312 g/mol. The number of anilines is 1. The van der Waals surface area contributed by atoms with Crippen molar-refractivity contribution < 1.29 is 9.84 Å². The summed E-state index contributed by atoms with van der Waals surface area (Å²) in [7, 11) is 1.60. The van der Waals surface area contributed by atoms with Gasteiger partial charge in [-0.15, -0.1) is 0 Å². The number of ether oxygens (including phenoxy) is 1. The lowest BCUT2D eigenvalue weighted by Gasteiger charge is -2.27. The smallest absolute Gasteiger partial charge is 0.124 e. The van der Waals surface area contributed by atoms with Gasteiger partial charge in [0.1, 0.15) is 11.5 Å². The van der Waals surface area contributed by atoms with Crippen LogP contribution in [-0.2, 0) is 0 Å². The standard InChI is InChI=1S/C19H24N2O2/c1-5-21(14(2)3)17-8-6-16(7-9-17)20-13-15-12-18(23-4)10-11-19(15)22/h6-14,22H,5H2,1-4H3. The van der Waals surface area contributed by atoms with Crippen LogP contribution in [-0.4, -0.2) is 31.0 Å². The molecule has 2 rings (SSSR count). The van der Waals surface area contributed by atoms with Gasteiger partial charge < -0.3 is 14.7 Å². The number of hydrogen-bond donors (Lipinski definition) is 1. The summed E-state index contributed by atoms with van der Waals surface area (Å²) in [5.74, 6) is 0.873. The van der Waals surface area contributed by atoms with Crippen molar-refractivity contribution in [2.24, 2.45) is 4.99 Å². The number of aliphatic imine (C=N–C) groups is 1. The molecule has 0 radical (unpaired) electrons. The summed E-state index contributed by atoms with van der Waals surface area (Å²) in [5.41, 5.74) is 2.66. The van der Waals surface area contributed by atoms with Crippen LogP contribution >= 0.6 is 0 Å². The summed E-state index contributed by atoms with van der Waals surface area (Å²) in [4.78, 5) is 6.75. The van der Waals surface area contributed by atoms with Gasteiger partial charge in [-0.05, 0) is 63.2 Å². The molecule has 4 heteroatoms. The molecule has 0 amide bonds. The van der Waals surface area contributed by atoms with Gasteiger partial charge in [-0.1, -0.05) is 0 Å². The molecule has 2 aromatic carbocycles. The maximum atomic E-state index is 9.86. The second kappa shape index (κ2) is 7.68. The highest BCUT2D eigenvalue weighted by Gasteiger charge is 2.07. The van der Waals surface area contributed by atoms with Crippen LogP contribution in [0.15, 0.2) is 47.5 Å². The normalized spacial score (nSPS) is 11.2. The second-order valence-electron chi connectivity index (χ2n) is 5.58. The first-order chi connectivity index (χ1) is 11.0. The van der Waals surface area contributed by atoms with Gasteiger partial charge in [0, 0.05) is 30.1 Å². The highest BCUT2D eigenvalue weighted by atomic mass is 16.5. The molecule has 0 heterocycles. The van der Waals surface area contributed by atoms with Crippen LogP contribution in [0.2, 0.25) is 0 Å². The van der Waals surface area contributed by atoms with Crippen molar-refractivity contribution >= 4 is 17.6 Å². The summed E-state index contributed by atoms with van der Waals surface area (Å²) in [6.45, 7) is 7.48. The molecule has 1 N–H and O–H groups in total. The van der Waals surface area contributed by atoms with Gasteiger partial charge in [0.25, 0.3) is 0 Å². The van der Waals surface area contributed by atoms with Crippen LogP contribution in [0.4, 0.5) is 11.4 Å². The molecule has 0 aromatic heterocycles. The zero-order valence-electron chi connectivity index (χ0n) is 14.2. The zero-order chi connectivity index (χ0) is 16.8. The minimum absolute atomic E-state index is 0.183. The van der Waals surface area contributed by atoms with Crippen molar-refractivity contribution in [3.63, 3.8) is 0 Å². The first kappa shape index (κ1) is 16.9. The number of nitrogens with zero attached hydrogens (tertiary/aromatic N) is 2. The largest absolute Gasteiger partial charge is 0.507 e. The summed E-state index contributed by atoms with van der Waals surface area (Å²) < 4.78 is 5.16. The summed E-state index contributed by atoms with van der Waals surface area (Å²) in [6.07, 6.45) is 1.65. The first-order valence-corrected chi connectivity index (χ1v) is 7.83. The van der Waals surface area contributed by atoms with Crippen LogP contribution < -0.4 is 9.64 Å². The molecule has 0 aliphatic rings. The maximum Gasteiger partial charge on any atom is 0.124 e.